The predicted octanol–water partition coefficient (Wildman–Crippen LogP) is 5.06. The molecular weight excluding hydrogens is 418 g/mol. The third kappa shape index (κ3) is 4.92. The van der Waals surface area contributed by atoms with Crippen molar-refractivity contribution in [1.29, 1.82) is 5.26 Å². The first-order valence-corrected chi connectivity index (χ1v) is 10.1. The third-order valence-corrected chi connectivity index (χ3v) is 4.90. The molecule has 3 aromatic carbocycles. The van der Waals surface area contributed by atoms with Gasteiger partial charge in [-0.15, -0.1) is 0 Å². The summed E-state index contributed by atoms with van der Waals surface area (Å²) in [7, 11) is 0. The predicted molar refractivity (Wildman–Crippen MR) is 125 cm³/mol. The molecule has 0 atom stereocenters. The summed E-state index contributed by atoms with van der Waals surface area (Å²) in [4.78, 5) is 24.1. The zero-order valence-corrected chi connectivity index (χ0v) is 17.4. The van der Waals surface area contributed by atoms with Crippen LogP contribution in [0.5, 0.6) is 11.5 Å². The monoisotopic (exact) mass is 437 g/mol. The van der Waals surface area contributed by atoms with Crippen LogP contribution in [0.4, 0.5) is 5.69 Å². The maximum absolute atomic E-state index is 12.9. The highest BCUT2D eigenvalue weighted by Gasteiger charge is 2.15. The number of aromatic nitrogens is 1. The summed E-state index contributed by atoms with van der Waals surface area (Å²) < 4.78 is 7.43. The van der Waals surface area contributed by atoms with E-state index >= 15 is 0 Å². The molecule has 0 spiro atoms. The average molecular weight is 437 g/mol. The first-order chi connectivity index (χ1) is 16.0. The largest absolute Gasteiger partial charge is 0.480 e. The number of carbonyl (C=O) groups excluding carboxylic acids is 1. The minimum Gasteiger partial charge on any atom is -0.480 e. The van der Waals surface area contributed by atoms with Gasteiger partial charge in [-0.1, -0.05) is 48.5 Å². The van der Waals surface area contributed by atoms with Crippen LogP contribution in [0, 0.1) is 11.3 Å². The Labute approximate surface area is 189 Å². The number of amides is 1. The highest BCUT2D eigenvalue weighted by Crippen LogP contribution is 2.30. The van der Waals surface area contributed by atoms with Crippen molar-refractivity contribution in [1.82, 2.24) is 4.57 Å². The fourth-order valence-electron chi connectivity index (χ4n) is 3.43. The Kier molecular flexibility index (Phi) is 6.19. The molecule has 4 rings (SSSR count). The summed E-state index contributed by atoms with van der Waals surface area (Å²) >= 11 is 0. The zero-order chi connectivity index (χ0) is 23.2. The number of rotatable bonds is 7. The second-order valence-electron chi connectivity index (χ2n) is 7.16. The van der Waals surface area contributed by atoms with Crippen LogP contribution in [0.2, 0.25) is 0 Å². The summed E-state index contributed by atoms with van der Waals surface area (Å²) in [5, 5.41) is 22.3. The van der Waals surface area contributed by atoms with Gasteiger partial charge in [0, 0.05) is 22.7 Å². The summed E-state index contributed by atoms with van der Waals surface area (Å²) in [5.41, 5.74) is 1.57. The summed E-state index contributed by atoms with van der Waals surface area (Å²) in [6.45, 7) is -0.230. The SMILES string of the molecule is N#CC(=Cc1cn(CC(=O)O)c2ccccc12)C(=O)Nc1ccccc1Oc1ccccc1. The van der Waals surface area contributed by atoms with E-state index in [0.29, 0.717) is 28.3 Å². The molecule has 7 heteroatoms. The number of nitrogens with zero attached hydrogens (tertiary/aromatic N) is 2. The molecular formula is C26H19N3O4. The van der Waals surface area contributed by atoms with Crippen LogP contribution in [0.1, 0.15) is 5.56 Å². The zero-order valence-electron chi connectivity index (χ0n) is 17.4. The van der Waals surface area contributed by atoms with Crippen LogP contribution in [-0.2, 0) is 16.1 Å². The van der Waals surface area contributed by atoms with Crippen LogP contribution in [0.15, 0.2) is 90.6 Å². The number of carboxylic acids is 1. The number of carbonyl (C=O) groups is 2. The number of fused-ring (bicyclic) bond motifs is 1. The van der Waals surface area contributed by atoms with Crippen LogP contribution in [0.3, 0.4) is 0 Å². The maximum atomic E-state index is 12.9. The molecule has 2 N–H and O–H groups in total. The number of nitrogens with one attached hydrogen (secondary N) is 1. The van der Waals surface area contributed by atoms with Crippen molar-refractivity contribution < 1.29 is 19.4 Å². The van der Waals surface area contributed by atoms with Gasteiger partial charge in [-0.3, -0.25) is 9.59 Å². The molecule has 0 unspecified atom stereocenters. The molecule has 162 valence electrons. The van der Waals surface area contributed by atoms with E-state index in [1.54, 1.807) is 59.3 Å². The lowest BCUT2D eigenvalue weighted by Crippen LogP contribution is -2.14. The fourth-order valence-corrected chi connectivity index (χ4v) is 3.43. The lowest BCUT2D eigenvalue weighted by atomic mass is 10.1. The number of ether oxygens (including phenoxy) is 1. The van der Waals surface area contributed by atoms with Crippen molar-refractivity contribution in [2.24, 2.45) is 0 Å². The highest BCUT2D eigenvalue weighted by molar-refractivity contribution is 6.11. The van der Waals surface area contributed by atoms with Crippen LogP contribution >= 0.6 is 0 Å². The smallest absolute Gasteiger partial charge is 0.323 e. The highest BCUT2D eigenvalue weighted by atomic mass is 16.5. The van der Waals surface area contributed by atoms with Crippen LogP contribution in [-0.4, -0.2) is 21.6 Å². The van der Waals surface area contributed by atoms with Crippen LogP contribution in [0.25, 0.3) is 17.0 Å². The van der Waals surface area contributed by atoms with Gasteiger partial charge in [0.05, 0.1) is 5.69 Å². The van der Waals surface area contributed by atoms with Gasteiger partial charge in [-0.05, 0) is 36.4 Å². The lowest BCUT2D eigenvalue weighted by Gasteiger charge is -2.12. The average Bonchev–Trinajstić information content (AvgIpc) is 3.16. The Morgan fingerprint density at radius 3 is 2.45 bits per heavy atom. The van der Waals surface area contributed by atoms with Gasteiger partial charge in [0.15, 0.2) is 5.75 Å². The Bertz CT molecular complexity index is 1400. The maximum Gasteiger partial charge on any atom is 0.323 e. The Morgan fingerprint density at radius 1 is 1.00 bits per heavy atom. The van der Waals surface area contributed by atoms with E-state index in [0.717, 1.165) is 5.39 Å². The van der Waals surface area contributed by atoms with Crippen molar-refractivity contribution in [3.8, 4) is 17.6 Å². The fraction of sp³-hybridized carbons (Fsp3) is 0.0385. The summed E-state index contributed by atoms with van der Waals surface area (Å²) in [5.74, 6) is -0.537. The molecule has 0 saturated carbocycles. The van der Waals surface area contributed by atoms with E-state index in [2.05, 4.69) is 5.32 Å². The molecule has 4 aromatic rings. The second kappa shape index (κ2) is 9.54. The number of nitriles is 1. The molecule has 1 aromatic heterocycles. The summed E-state index contributed by atoms with van der Waals surface area (Å²) in [6, 6.07) is 25.2. The van der Waals surface area contributed by atoms with Gasteiger partial charge in [-0.25, -0.2) is 0 Å². The molecule has 0 saturated heterocycles. The minimum atomic E-state index is -0.987. The van der Waals surface area contributed by atoms with Gasteiger partial charge in [0.1, 0.15) is 23.9 Å². The van der Waals surface area contributed by atoms with Crippen molar-refractivity contribution in [2.75, 3.05) is 5.32 Å². The number of para-hydroxylation sites is 4. The second-order valence-corrected chi connectivity index (χ2v) is 7.16. The molecule has 0 aliphatic rings. The number of anilines is 1. The van der Waals surface area contributed by atoms with Crippen molar-refractivity contribution in [3.05, 3.63) is 96.2 Å². The number of hydrogen-bond donors (Lipinski definition) is 2. The van der Waals surface area contributed by atoms with Gasteiger partial charge >= 0.3 is 5.97 Å². The van der Waals surface area contributed by atoms with Crippen molar-refractivity contribution >= 4 is 34.5 Å². The molecule has 7 nitrogen and oxygen atoms in total. The van der Waals surface area contributed by atoms with E-state index in [-0.39, 0.29) is 12.1 Å². The van der Waals surface area contributed by atoms with Gasteiger partial charge in [0.25, 0.3) is 5.91 Å². The lowest BCUT2D eigenvalue weighted by molar-refractivity contribution is -0.137. The normalized spacial score (nSPS) is 11.1. The molecule has 0 bridgehead atoms. The topological polar surface area (TPSA) is 104 Å². The first-order valence-electron chi connectivity index (χ1n) is 10.1. The molecule has 33 heavy (non-hydrogen) atoms. The third-order valence-electron chi connectivity index (χ3n) is 4.90. The standard InChI is InChI=1S/C26H19N3O4/c27-15-18(14-19-16-29(17-25(30)31)23-12-6-4-10-21(19)23)26(32)28-22-11-5-7-13-24(22)33-20-8-2-1-3-9-20/h1-14,16H,17H2,(H,28,32)(H,30,31). The molecule has 0 fully saturated rings. The number of hydrogen-bond acceptors (Lipinski definition) is 4. The number of benzene rings is 3. The van der Waals surface area contributed by atoms with Gasteiger partial charge < -0.3 is 19.7 Å². The van der Waals surface area contributed by atoms with E-state index < -0.39 is 11.9 Å². The van der Waals surface area contributed by atoms with Crippen molar-refractivity contribution in [3.63, 3.8) is 0 Å². The van der Waals surface area contributed by atoms with E-state index in [9.17, 15) is 20.0 Å². The Morgan fingerprint density at radius 2 is 1.70 bits per heavy atom. The summed E-state index contributed by atoms with van der Waals surface area (Å²) in [6.07, 6.45) is 3.08. The number of carboxylic acid groups (broad SMARTS) is 1. The molecule has 0 aliphatic heterocycles. The van der Waals surface area contributed by atoms with Crippen molar-refractivity contribution in [2.45, 2.75) is 6.54 Å². The molecule has 0 aliphatic carbocycles. The molecule has 1 heterocycles. The Hall–Kier alpha value is -4.83. The van der Waals surface area contributed by atoms with E-state index in [1.807, 2.05) is 36.4 Å². The van der Waals surface area contributed by atoms with E-state index in [1.165, 1.54) is 6.08 Å². The molecule has 0 radical (unpaired) electrons. The molecule has 1 amide bonds. The van der Waals surface area contributed by atoms with Gasteiger partial charge in [0.2, 0.25) is 0 Å². The van der Waals surface area contributed by atoms with Gasteiger partial charge in [-0.2, -0.15) is 5.26 Å². The quantitative estimate of drug-likeness (QED) is 0.310. The first kappa shape index (κ1) is 21.4. The van der Waals surface area contributed by atoms with Crippen LogP contribution < -0.4 is 10.1 Å². The minimum absolute atomic E-state index is 0.122. The number of aliphatic carboxylic acids is 1. The Balaban J connectivity index is 1.63. The van der Waals surface area contributed by atoms with E-state index in [4.69, 9.17) is 4.74 Å².